The van der Waals surface area contributed by atoms with Gasteiger partial charge < -0.3 is 20.0 Å². The third kappa shape index (κ3) is 6.47. The van der Waals surface area contributed by atoms with Crippen LogP contribution in [0, 0.1) is 5.92 Å². The number of halogens is 3. The first-order valence-corrected chi connectivity index (χ1v) is 9.99. The van der Waals surface area contributed by atoms with Crippen LogP contribution in [0.15, 0.2) is 53.2 Å². The molecule has 3 amide bonds. The van der Waals surface area contributed by atoms with E-state index in [0.717, 1.165) is 24.3 Å². The number of benzene rings is 1. The highest BCUT2D eigenvalue weighted by Crippen LogP contribution is 2.29. The van der Waals surface area contributed by atoms with E-state index in [2.05, 4.69) is 10.6 Å². The fourth-order valence-electron chi connectivity index (χ4n) is 3.25. The van der Waals surface area contributed by atoms with E-state index in [9.17, 15) is 27.6 Å². The van der Waals surface area contributed by atoms with Crippen molar-refractivity contribution in [2.45, 2.75) is 19.0 Å². The number of anilines is 1. The van der Waals surface area contributed by atoms with Gasteiger partial charge in [0.05, 0.1) is 11.8 Å². The molecule has 1 fully saturated rings. The summed E-state index contributed by atoms with van der Waals surface area (Å²) in [6, 6.07) is 7.29. The van der Waals surface area contributed by atoms with Crippen molar-refractivity contribution in [3.8, 4) is 0 Å². The molecule has 0 bridgehead atoms. The summed E-state index contributed by atoms with van der Waals surface area (Å²) in [5.41, 5.74) is -0.756. The lowest BCUT2D eigenvalue weighted by atomic mass is 9.96. The lowest BCUT2D eigenvalue weighted by Crippen LogP contribution is -2.43. The number of nitrogens with one attached hydrogen (secondary N) is 2. The first-order valence-electron chi connectivity index (χ1n) is 9.99. The summed E-state index contributed by atoms with van der Waals surface area (Å²) < 4.78 is 42.9. The highest BCUT2D eigenvalue weighted by atomic mass is 19.4. The molecule has 1 aliphatic heterocycles. The van der Waals surface area contributed by atoms with E-state index in [4.69, 9.17) is 4.42 Å². The minimum absolute atomic E-state index is 0.0903. The Labute approximate surface area is 182 Å². The van der Waals surface area contributed by atoms with Crippen LogP contribution in [0.2, 0.25) is 0 Å². The summed E-state index contributed by atoms with van der Waals surface area (Å²) >= 11 is 0. The molecule has 3 rings (SSSR count). The van der Waals surface area contributed by atoms with Gasteiger partial charge in [0, 0.05) is 31.4 Å². The molecule has 2 heterocycles. The van der Waals surface area contributed by atoms with E-state index in [-0.39, 0.29) is 24.1 Å². The number of furan rings is 1. The van der Waals surface area contributed by atoms with Gasteiger partial charge in [-0.2, -0.15) is 13.2 Å². The summed E-state index contributed by atoms with van der Waals surface area (Å²) in [4.78, 5) is 37.9. The molecular weight excluding hydrogens is 427 g/mol. The Morgan fingerprint density at radius 2 is 1.75 bits per heavy atom. The maximum atomic E-state index is 12.6. The van der Waals surface area contributed by atoms with Gasteiger partial charge in [-0.15, -0.1) is 0 Å². The zero-order chi connectivity index (χ0) is 23.1. The number of hydrogen-bond donors (Lipinski definition) is 2. The lowest BCUT2D eigenvalue weighted by molar-refractivity contribution is -0.137. The molecule has 10 heteroatoms. The van der Waals surface area contributed by atoms with Crippen LogP contribution in [0.5, 0.6) is 0 Å². The average Bonchev–Trinajstić information content (AvgIpc) is 3.29. The Kier molecular flexibility index (Phi) is 7.34. The molecule has 0 unspecified atom stereocenters. The normalized spacial score (nSPS) is 15.0. The van der Waals surface area contributed by atoms with Crippen molar-refractivity contribution < 1.29 is 32.0 Å². The van der Waals surface area contributed by atoms with Gasteiger partial charge in [0.15, 0.2) is 0 Å². The topological polar surface area (TPSA) is 91.7 Å². The molecule has 0 radical (unpaired) electrons. The summed E-state index contributed by atoms with van der Waals surface area (Å²) in [5, 5.41) is 4.80. The van der Waals surface area contributed by atoms with Crippen molar-refractivity contribution >= 4 is 29.5 Å². The molecule has 0 spiro atoms. The van der Waals surface area contributed by atoms with Crippen molar-refractivity contribution in [1.29, 1.82) is 0 Å². The predicted molar refractivity (Wildman–Crippen MR) is 110 cm³/mol. The van der Waals surface area contributed by atoms with Crippen LogP contribution in [0.4, 0.5) is 18.9 Å². The molecule has 2 aromatic rings. The summed E-state index contributed by atoms with van der Waals surface area (Å²) in [5.74, 6) is -1.26. The van der Waals surface area contributed by atoms with Gasteiger partial charge in [0.25, 0.3) is 0 Å². The molecule has 1 aromatic heterocycles. The fourth-order valence-corrected chi connectivity index (χ4v) is 3.25. The van der Waals surface area contributed by atoms with E-state index in [1.54, 1.807) is 23.1 Å². The predicted octanol–water partition coefficient (Wildman–Crippen LogP) is 3.31. The highest BCUT2D eigenvalue weighted by molar-refractivity contribution is 6.39. The van der Waals surface area contributed by atoms with Crippen molar-refractivity contribution in [3.63, 3.8) is 0 Å². The van der Waals surface area contributed by atoms with Gasteiger partial charge in [-0.05, 0) is 61.2 Å². The van der Waals surface area contributed by atoms with Crippen molar-refractivity contribution in [2.75, 3.05) is 25.0 Å². The molecule has 1 saturated heterocycles. The van der Waals surface area contributed by atoms with Crippen molar-refractivity contribution in [3.05, 3.63) is 60.1 Å². The van der Waals surface area contributed by atoms with Crippen LogP contribution < -0.4 is 10.6 Å². The second-order valence-electron chi connectivity index (χ2n) is 7.36. The minimum atomic E-state index is -4.48. The quantitative estimate of drug-likeness (QED) is 0.541. The Hall–Kier alpha value is -3.56. The number of nitrogens with zero attached hydrogens (tertiary/aromatic N) is 1. The van der Waals surface area contributed by atoms with E-state index >= 15 is 0 Å². The third-order valence-electron chi connectivity index (χ3n) is 5.09. The number of alkyl halides is 3. The van der Waals surface area contributed by atoms with Gasteiger partial charge in [0.2, 0.25) is 5.91 Å². The first kappa shape index (κ1) is 23.1. The van der Waals surface area contributed by atoms with Gasteiger partial charge in [-0.3, -0.25) is 14.4 Å². The number of rotatable bonds is 5. The molecule has 2 N–H and O–H groups in total. The first-order chi connectivity index (χ1) is 15.2. The number of hydrogen-bond acceptors (Lipinski definition) is 4. The minimum Gasteiger partial charge on any atom is -0.465 e. The second-order valence-corrected chi connectivity index (χ2v) is 7.36. The second kappa shape index (κ2) is 10.2. The Balaban J connectivity index is 1.39. The number of carbonyl (C=O) groups is 3. The highest BCUT2D eigenvalue weighted by Gasteiger charge is 2.30. The van der Waals surface area contributed by atoms with Gasteiger partial charge >= 0.3 is 18.0 Å². The van der Waals surface area contributed by atoms with E-state index in [0.29, 0.717) is 31.7 Å². The van der Waals surface area contributed by atoms with Gasteiger partial charge in [-0.1, -0.05) is 0 Å². The molecular formula is C22H22F3N3O4. The van der Waals surface area contributed by atoms with Crippen LogP contribution in [-0.4, -0.2) is 42.3 Å². The monoisotopic (exact) mass is 449 g/mol. The number of piperidine rings is 1. The molecule has 0 atom stereocenters. The Morgan fingerprint density at radius 3 is 2.34 bits per heavy atom. The molecule has 170 valence electrons. The van der Waals surface area contributed by atoms with Crippen LogP contribution in [0.25, 0.3) is 6.08 Å². The standard InChI is InChI=1S/C22H22F3N3O4/c23-22(24,25)16-3-5-17(6-4-16)27-21(31)20(30)26-14-15-9-11-28(12-10-15)19(29)8-7-18-2-1-13-32-18/h1-8,13,15H,9-12,14H2,(H,26,30)(H,27,31). The van der Waals surface area contributed by atoms with E-state index in [1.807, 2.05) is 0 Å². The largest absolute Gasteiger partial charge is 0.465 e. The number of likely N-dealkylation sites (tertiary alicyclic amines) is 1. The van der Waals surface area contributed by atoms with E-state index < -0.39 is 23.6 Å². The van der Waals surface area contributed by atoms with Crippen molar-refractivity contribution in [1.82, 2.24) is 10.2 Å². The third-order valence-corrected chi connectivity index (χ3v) is 5.09. The maximum Gasteiger partial charge on any atom is 0.416 e. The molecule has 1 aliphatic rings. The Morgan fingerprint density at radius 1 is 1.06 bits per heavy atom. The van der Waals surface area contributed by atoms with Gasteiger partial charge in [0.1, 0.15) is 5.76 Å². The lowest BCUT2D eigenvalue weighted by Gasteiger charge is -2.31. The summed E-state index contributed by atoms with van der Waals surface area (Å²) in [7, 11) is 0. The zero-order valence-corrected chi connectivity index (χ0v) is 17.0. The molecule has 0 saturated carbocycles. The summed E-state index contributed by atoms with van der Waals surface area (Å²) in [6.07, 6.45) is 1.43. The fraction of sp³-hybridized carbons (Fsp3) is 0.318. The zero-order valence-electron chi connectivity index (χ0n) is 17.0. The smallest absolute Gasteiger partial charge is 0.416 e. The number of amides is 3. The van der Waals surface area contributed by atoms with Crippen LogP contribution in [0.3, 0.4) is 0 Å². The van der Waals surface area contributed by atoms with Crippen LogP contribution >= 0.6 is 0 Å². The SMILES string of the molecule is O=C(NCC1CCN(C(=O)C=Cc2ccco2)CC1)C(=O)Nc1ccc(C(F)(F)F)cc1. The number of carbonyl (C=O) groups excluding carboxylic acids is 3. The molecule has 32 heavy (non-hydrogen) atoms. The van der Waals surface area contributed by atoms with Gasteiger partial charge in [-0.25, -0.2) is 0 Å². The molecule has 0 aliphatic carbocycles. The average molecular weight is 449 g/mol. The molecule has 1 aromatic carbocycles. The van der Waals surface area contributed by atoms with Crippen molar-refractivity contribution in [2.24, 2.45) is 5.92 Å². The summed E-state index contributed by atoms with van der Waals surface area (Å²) in [6.45, 7) is 1.32. The molecule has 7 nitrogen and oxygen atoms in total. The van der Waals surface area contributed by atoms with Crippen LogP contribution in [0.1, 0.15) is 24.2 Å². The van der Waals surface area contributed by atoms with E-state index in [1.165, 1.54) is 12.3 Å². The maximum absolute atomic E-state index is 12.6. The van der Waals surface area contributed by atoms with Crippen LogP contribution in [-0.2, 0) is 20.6 Å². The Bertz CT molecular complexity index is 961.